The monoisotopic (exact) mass is 251 g/mol. The highest BCUT2D eigenvalue weighted by Gasteiger charge is 2.66. The average molecular weight is 251 g/mol. The maximum absolute atomic E-state index is 5.99. The van der Waals surface area contributed by atoms with Crippen LogP contribution in [0.25, 0.3) is 0 Å². The van der Waals surface area contributed by atoms with Crippen LogP contribution >= 0.6 is 0 Å². The molecule has 0 radical (unpaired) electrons. The van der Waals surface area contributed by atoms with E-state index in [0.29, 0.717) is 17.6 Å². The molecule has 1 heterocycles. The summed E-state index contributed by atoms with van der Waals surface area (Å²) in [4.78, 5) is 0. The fourth-order valence-electron chi connectivity index (χ4n) is 4.72. The first kappa shape index (κ1) is 11.7. The van der Waals surface area contributed by atoms with Gasteiger partial charge in [-0.2, -0.15) is 0 Å². The molecule has 3 nitrogen and oxygen atoms in total. The second-order valence-corrected chi connectivity index (χ2v) is 6.87. The van der Waals surface area contributed by atoms with Gasteiger partial charge in [-0.15, -0.1) is 0 Å². The minimum atomic E-state index is 0.516. The molecule has 0 aromatic rings. The number of rotatable bonds is 5. The number of hydrogen-bond donors (Lipinski definition) is 1. The topological polar surface area (TPSA) is 30.5 Å². The molecule has 3 saturated carbocycles. The second-order valence-electron chi connectivity index (χ2n) is 6.87. The first-order valence-corrected chi connectivity index (χ1v) is 7.72. The van der Waals surface area contributed by atoms with Gasteiger partial charge in [0.2, 0.25) is 0 Å². The van der Waals surface area contributed by atoms with E-state index in [1.165, 1.54) is 38.5 Å². The van der Waals surface area contributed by atoms with Crippen molar-refractivity contribution in [2.24, 2.45) is 17.3 Å². The van der Waals surface area contributed by atoms with Gasteiger partial charge in [0.1, 0.15) is 0 Å². The van der Waals surface area contributed by atoms with Gasteiger partial charge in [0.15, 0.2) is 0 Å². The molecule has 1 spiro atoms. The van der Waals surface area contributed by atoms with Crippen molar-refractivity contribution >= 4 is 0 Å². The van der Waals surface area contributed by atoms with Gasteiger partial charge in [-0.25, -0.2) is 0 Å². The Morgan fingerprint density at radius 3 is 2.78 bits per heavy atom. The summed E-state index contributed by atoms with van der Waals surface area (Å²) in [6.07, 6.45) is 8.83. The van der Waals surface area contributed by atoms with Crippen LogP contribution in [-0.2, 0) is 9.47 Å². The molecule has 1 saturated heterocycles. The molecular formula is C15H25NO2. The number of methoxy groups -OCH3 is 1. The van der Waals surface area contributed by atoms with Crippen molar-refractivity contribution in [1.29, 1.82) is 0 Å². The SMILES string of the molecule is COC[C@H](N[C@@H]1[C@@H]2CCO[C@H]2C12CCC2)C1CC1. The second kappa shape index (κ2) is 4.19. The van der Waals surface area contributed by atoms with Crippen LogP contribution in [0.1, 0.15) is 38.5 Å². The van der Waals surface area contributed by atoms with Gasteiger partial charge in [0.25, 0.3) is 0 Å². The summed E-state index contributed by atoms with van der Waals surface area (Å²) in [6, 6.07) is 1.32. The summed E-state index contributed by atoms with van der Waals surface area (Å²) in [7, 11) is 1.83. The van der Waals surface area contributed by atoms with Crippen LogP contribution in [-0.4, -0.2) is 38.5 Å². The van der Waals surface area contributed by atoms with Crippen molar-refractivity contribution in [1.82, 2.24) is 5.32 Å². The summed E-state index contributed by atoms with van der Waals surface area (Å²) in [5.41, 5.74) is 0.516. The van der Waals surface area contributed by atoms with Crippen molar-refractivity contribution in [2.45, 2.75) is 56.7 Å². The quantitative estimate of drug-likeness (QED) is 0.810. The zero-order valence-corrected chi connectivity index (χ0v) is 11.4. The number of ether oxygens (including phenoxy) is 2. The third kappa shape index (κ3) is 1.53. The van der Waals surface area contributed by atoms with Crippen LogP contribution in [0.5, 0.6) is 0 Å². The summed E-state index contributed by atoms with van der Waals surface area (Å²) >= 11 is 0. The highest BCUT2D eigenvalue weighted by atomic mass is 16.5. The van der Waals surface area contributed by atoms with Gasteiger partial charge in [0, 0.05) is 37.1 Å². The minimum Gasteiger partial charge on any atom is -0.383 e. The van der Waals surface area contributed by atoms with Gasteiger partial charge in [-0.3, -0.25) is 0 Å². The largest absolute Gasteiger partial charge is 0.383 e. The molecule has 4 fully saturated rings. The van der Waals surface area contributed by atoms with E-state index >= 15 is 0 Å². The molecule has 0 unspecified atom stereocenters. The molecule has 0 aromatic heterocycles. The van der Waals surface area contributed by atoms with Crippen molar-refractivity contribution in [3.8, 4) is 0 Å². The number of nitrogens with one attached hydrogen (secondary N) is 1. The summed E-state index contributed by atoms with van der Waals surface area (Å²) in [6.45, 7) is 1.88. The summed E-state index contributed by atoms with van der Waals surface area (Å²) < 4.78 is 11.4. The van der Waals surface area contributed by atoms with Crippen molar-refractivity contribution < 1.29 is 9.47 Å². The summed E-state index contributed by atoms with van der Waals surface area (Å²) in [5, 5.41) is 3.98. The normalized spacial score (nSPS) is 42.2. The van der Waals surface area contributed by atoms with Gasteiger partial charge in [-0.1, -0.05) is 6.42 Å². The van der Waals surface area contributed by atoms with Crippen LogP contribution < -0.4 is 5.32 Å². The lowest BCUT2D eigenvalue weighted by atomic mass is 9.46. The average Bonchev–Trinajstić information content (AvgIpc) is 3.05. The van der Waals surface area contributed by atoms with Crippen LogP contribution in [0.2, 0.25) is 0 Å². The Labute approximate surface area is 110 Å². The maximum atomic E-state index is 5.99. The lowest BCUT2D eigenvalue weighted by Gasteiger charge is -2.64. The Bertz CT molecular complexity index is 324. The smallest absolute Gasteiger partial charge is 0.0690 e. The molecule has 4 atom stereocenters. The lowest BCUT2D eigenvalue weighted by Crippen LogP contribution is -2.72. The fraction of sp³-hybridized carbons (Fsp3) is 1.00. The van der Waals surface area contributed by atoms with Crippen LogP contribution in [0, 0.1) is 17.3 Å². The van der Waals surface area contributed by atoms with Crippen molar-refractivity contribution in [2.75, 3.05) is 20.3 Å². The zero-order valence-electron chi connectivity index (χ0n) is 11.4. The molecule has 3 aliphatic carbocycles. The Balaban J connectivity index is 1.46. The Morgan fingerprint density at radius 1 is 1.33 bits per heavy atom. The van der Waals surface area contributed by atoms with Crippen LogP contribution in [0.4, 0.5) is 0 Å². The molecule has 0 aromatic carbocycles. The molecular weight excluding hydrogens is 226 g/mol. The van der Waals surface area contributed by atoms with Crippen LogP contribution in [0.3, 0.4) is 0 Å². The first-order chi connectivity index (χ1) is 8.85. The third-order valence-electron chi connectivity index (χ3n) is 5.97. The van der Waals surface area contributed by atoms with Gasteiger partial charge < -0.3 is 14.8 Å². The number of fused-ring (bicyclic) bond motifs is 2. The van der Waals surface area contributed by atoms with Gasteiger partial charge >= 0.3 is 0 Å². The molecule has 1 N–H and O–H groups in total. The van der Waals surface area contributed by atoms with E-state index in [9.17, 15) is 0 Å². The Hall–Kier alpha value is -0.120. The number of hydrogen-bond acceptors (Lipinski definition) is 3. The Kier molecular flexibility index (Phi) is 2.72. The zero-order chi connectivity index (χ0) is 12.2. The predicted molar refractivity (Wildman–Crippen MR) is 69.4 cm³/mol. The van der Waals surface area contributed by atoms with Crippen molar-refractivity contribution in [3.05, 3.63) is 0 Å². The van der Waals surface area contributed by atoms with E-state index in [-0.39, 0.29) is 0 Å². The molecule has 1 aliphatic heterocycles. The van der Waals surface area contributed by atoms with E-state index in [2.05, 4.69) is 5.32 Å². The van der Waals surface area contributed by atoms with E-state index in [4.69, 9.17) is 9.47 Å². The fourth-order valence-corrected chi connectivity index (χ4v) is 4.72. The molecule has 0 bridgehead atoms. The molecule has 3 heteroatoms. The van der Waals surface area contributed by atoms with E-state index in [0.717, 1.165) is 31.1 Å². The van der Waals surface area contributed by atoms with E-state index in [1.54, 1.807) is 0 Å². The molecule has 102 valence electrons. The third-order valence-corrected chi connectivity index (χ3v) is 5.97. The predicted octanol–water partition coefficient (Wildman–Crippen LogP) is 1.96. The summed E-state index contributed by atoms with van der Waals surface area (Å²) in [5.74, 6) is 1.67. The first-order valence-electron chi connectivity index (χ1n) is 7.72. The molecule has 18 heavy (non-hydrogen) atoms. The molecule has 0 amide bonds. The standard InChI is InChI=1S/C15H25NO2/c1-17-9-12(10-3-4-10)16-13-11-5-8-18-14(11)15(13)6-2-7-15/h10-14,16H,2-9H2,1H3/t11-,12-,13+,14+/m0/s1. The van der Waals surface area contributed by atoms with Crippen LogP contribution in [0.15, 0.2) is 0 Å². The van der Waals surface area contributed by atoms with Gasteiger partial charge in [-0.05, 0) is 38.0 Å². The van der Waals surface area contributed by atoms with Gasteiger partial charge in [0.05, 0.1) is 12.7 Å². The van der Waals surface area contributed by atoms with E-state index in [1.807, 2.05) is 7.11 Å². The molecule has 4 aliphatic rings. The minimum absolute atomic E-state index is 0.516. The van der Waals surface area contributed by atoms with Crippen molar-refractivity contribution in [3.63, 3.8) is 0 Å². The highest BCUT2D eigenvalue weighted by Crippen LogP contribution is 2.63. The van der Waals surface area contributed by atoms with E-state index < -0.39 is 0 Å². The Morgan fingerprint density at radius 2 is 2.17 bits per heavy atom. The maximum Gasteiger partial charge on any atom is 0.0690 e. The highest BCUT2D eigenvalue weighted by molar-refractivity contribution is 5.19. The lowest BCUT2D eigenvalue weighted by molar-refractivity contribution is -0.179. The molecule has 4 rings (SSSR count).